The molecular weight excluding hydrogens is 357 g/mol. The first-order chi connectivity index (χ1) is 13.3. The molecule has 0 saturated carbocycles. The molecule has 0 saturated heterocycles. The van der Waals surface area contributed by atoms with Crippen LogP contribution in [0.2, 0.25) is 0 Å². The average molecular weight is 394 g/mol. The van der Waals surface area contributed by atoms with E-state index in [4.69, 9.17) is 0 Å². The van der Waals surface area contributed by atoms with E-state index in [9.17, 15) is 9.18 Å². The van der Waals surface area contributed by atoms with Crippen molar-refractivity contribution in [1.82, 2.24) is 20.9 Å². The van der Waals surface area contributed by atoms with Crippen molar-refractivity contribution in [3.05, 3.63) is 35.6 Å². The summed E-state index contributed by atoms with van der Waals surface area (Å²) in [5.74, 6) is 0.371. The number of hydrogen-bond acceptors (Lipinski definition) is 3. The van der Waals surface area contributed by atoms with Gasteiger partial charge in [0.05, 0.1) is 13.0 Å². The maximum Gasteiger partial charge on any atom is 0.224 e. The molecule has 6 nitrogen and oxygen atoms in total. The molecule has 7 heteroatoms. The molecule has 28 heavy (non-hydrogen) atoms. The zero-order chi connectivity index (χ0) is 20.9. The second-order valence-electron chi connectivity index (χ2n) is 7.27. The zero-order valence-corrected chi connectivity index (χ0v) is 17.9. The number of nitrogens with one attached hydrogen (secondary N) is 3. The summed E-state index contributed by atoms with van der Waals surface area (Å²) in [6.07, 6.45) is 0.245. The van der Waals surface area contributed by atoms with E-state index < -0.39 is 0 Å². The molecule has 0 spiro atoms. The summed E-state index contributed by atoms with van der Waals surface area (Å²) in [7, 11) is 0. The Morgan fingerprint density at radius 2 is 1.64 bits per heavy atom. The van der Waals surface area contributed by atoms with Crippen molar-refractivity contribution in [2.45, 2.75) is 53.1 Å². The van der Waals surface area contributed by atoms with E-state index in [1.54, 1.807) is 12.1 Å². The predicted octanol–water partition coefficient (Wildman–Crippen LogP) is 2.16. The molecule has 0 radical (unpaired) electrons. The number of nitrogens with zero attached hydrogens (tertiary/aromatic N) is 2. The van der Waals surface area contributed by atoms with Crippen LogP contribution in [0.3, 0.4) is 0 Å². The Balaban J connectivity index is 2.35. The number of carbonyl (C=O) groups excluding carboxylic acids is 1. The standard InChI is InChI=1S/C21H36FN5O/c1-6-23-21(26-13-14-27(16(2)3)17(4)5)25-12-11-24-20(28)15-18-7-9-19(22)10-8-18/h7-10,16-17H,6,11-15H2,1-5H3,(H,24,28)(H2,23,25,26). The van der Waals surface area contributed by atoms with Gasteiger partial charge in [0.15, 0.2) is 5.96 Å². The third-order valence-corrected chi connectivity index (χ3v) is 4.32. The normalized spacial score (nSPS) is 12.0. The largest absolute Gasteiger partial charge is 0.357 e. The molecule has 0 aliphatic carbocycles. The fraction of sp³-hybridized carbons (Fsp3) is 0.619. The Labute approximate surface area is 169 Å². The van der Waals surface area contributed by atoms with E-state index in [1.807, 2.05) is 6.92 Å². The number of benzene rings is 1. The van der Waals surface area contributed by atoms with E-state index in [0.29, 0.717) is 31.7 Å². The van der Waals surface area contributed by atoms with Crippen molar-refractivity contribution < 1.29 is 9.18 Å². The molecular formula is C21H36FN5O. The van der Waals surface area contributed by atoms with Gasteiger partial charge in [-0.1, -0.05) is 12.1 Å². The molecule has 0 aliphatic rings. The Morgan fingerprint density at radius 1 is 1.04 bits per heavy atom. The highest BCUT2D eigenvalue weighted by Gasteiger charge is 2.12. The quantitative estimate of drug-likeness (QED) is 0.306. The van der Waals surface area contributed by atoms with Gasteiger partial charge < -0.3 is 16.0 Å². The number of rotatable bonds is 11. The first-order valence-corrected chi connectivity index (χ1v) is 10.1. The van der Waals surface area contributed by atoms with Gasteiger partial charge in [-0.05, 0) is 52.3 Å². The SMILES string of the molecule is CCNC(=NCCN(C(C)C)C(C)C)NCCNC(=O)Cc1ccc(F)cc1. The highest BCUT2D eigenvalue weighted by molar-refractivity contribution is 5.80. The van der Waals surface area contributed by atoms with Crippen molar-refractivity contribution in [3.63, 3.8) is 0 Å². The fourth-order valence-corrected chi connectivity index (χ4v) is 2.96. The van der Waals surface area contributed by atoms with E-state index >= 15 is 0 Å². The lowest BCUT2D eigenvalue weighted by Gasteiger charge is -2.29. The molecule has 0 heterocycles. The van der Waals surface area contributed by atoms with Crippen molar-refractivity contribution in [1.29, 1.82) is 0 Å². The van der Waals surface area contributed by atoms with Gasteiger partial charge in [-0.25, -0.2) is 4.39 Å². The highest BCUT2D eigenvalue weighted by atomic mass is 19.1. The minimum atomic E-state index is -0.298. The first-order valence-electron chi connectivity index (χ1n) is 10.1. The fourth-order valence-electron chi connectivity index (χ4n) is 2.96. The van der Waals surface area contributed by atoms with Gasteiger partial charge in [-0.2, -0.15) is 0 Å². The monoisotopic (exact) mass is 393 g/mol. The van der Waals surface area contributed by atoms with Crippen LogP contribution in [0.25, 0.3) is 0 Å². The Kier molecular flexibility index (Phi) is 11.2. The van der Waals surface area contributed by atoms with Crippen molar-refractivity contribution in [3.8, 4) is 0 Å². The summed E-state index contributed by atoms with van der Waals surface area (Å²) < 4.78 is 12.9. The summed E-state index contributed by atoms with van der Waals surface area (Å²) in [5, 5.41) is 9.32. The van der Waals surface area contributed by atoms with Crippen LogP contribution in [0, 0.1) is 5.82 Å². The van der Waals surface area contributed by atoms with Crippen LogP contribution >= 0.6 is 0 Å². The molecule has 1 aromatic carbocycles. The maximum absolute atomic E-state index is 12.9. The second-order valence-corrected chi connectivity index (χ2v) is 7.27. The minimum Gasteiger partial charge on any atom is -0.357 e. The maximum atomic E-state index is 12.9. The van der Waals surface area contributed by atoms with Gasteiger partial charge in [0, 0.05) is 38.3 Å². The highest BCUT2D eigenvalue weighted by Crippen LogP contribution is 2.04. The summed E-state index contributed by atoms with van der Waals surface area (Å²) in [6.45, 7) is 14.3. The lowest BCUT2D eigenvalue weighted by molar-refractivity contribution is -0.120. The van der Waals surface area contributed by atoms with Crippen LogP contribution in [-0.4, -0.2) is 61.6 Å². The van der Waals surface area contributed by atoms with Gasteiger partial charge in [-0.15, -0.1) is 0 Å². The van der Waals surface area contributed by atoms with Crippen LogP contribution in [0.1, 0.15) is 40.2 Å². The molecule has 0 fully saturated rings. The molecule has 0 unspecified atom stereocenters. The number of hydrogen-bond donors (Lipinski definition) is 3. The summed E-state index contributed by atoms with van der Waals surface area (Å²) in [5.41, 5.74) is 0.793. The topological polar surface area (TPSA) is 68.8 Å². The molecule has 1 aromatic rings. The summed E-state index contributed by atoms with van der Waals surface area (Å²) in [4.78, 5) is 19.0. The molecule has 0 aromatic heterocycles. The molecule has 1 amide bonds. The summed E-state index contributed by atoms with van der Waals surface area (Å²) >= 11 is 0. The lowest BCUT2D eigenvalue weighted by atomic mass is 10.1. The zero-order valence-electron chi connectivity index (χ0n) is 17.9. The molecule has 1 rings (SSSR count). The third kappa shape index (κ3) is 9.69. The van der Waals surface area contributed by atoms with Crippen LogP contribution in [0.5, 0.6) is 0 Å². The molecule has 0 atom stereocenters. The second kappa shape index (κ2) is 13.1. The Morgan fingerprint density at radius 3 is 2.21 bits per heavy atom. The van der Waals surface area contributed by atoms with E-state index in [-0.39, 0.29) is 18.1 Å². The molecule has 0 bridgehead atoms. The van der Waals surface area contributed by atoms with Crippen LogP contribution in [0.15, 0.2) is 29.3 Å². The third-order valence-electron chi connectivity index (χ3n) is 4.32. The number of guanidine groups is 1. The van der Waals surface area contributed by atoms with Crippen LogP contribution in [0.4, 0.5) is 4.39 Å². The van der Waals surface area contributed by atoms with Crippen LogP contribution < -0.4 is 16.0 Å². The van der Waals surface area contributed by atoms with Gasteiger partial charge in [0.2, 0.25) is 5.91 Å². The van der Waals surface area contributed by atoms with Gasteiger partial charge in [0.25, 0.3) is 0 Å². The molecule has 158 valence electrons. The Bertz CT molecular complexity index is 593. The van der Waals surface area contributed by atoms with Crippen molar-refractivity contribution >= 4 is 11.9 Å². The van der Waals surface area contributed by atoms with Crippen LogP contribution in [-0.2, 0) is 11.2 Å². The number of carbonyl (C=O) groups is 1. The van der Waals surface area contributed by atoms with E-state index in [2.05, 4.69) is 53.5 Å². The number of halogens is 1. The average Bonchev–Trinajstić information content (AvgIpc) is 2.63. The van der Waals surface area contributed by atoms with Gasteiger partial charge in [-0.3, -0.25) is 14.7 Å². The Hall–Kier alpha value is -2.15. The van der Waals surface area contributed by atoms with Gasteiger partial charge in [0.1, 0.15) is 5.82 Å². The smallest absolute Gasteiger partial charge is 0.224 e. The van der Waals surface area contributed by atoms with Crippen molar-refractivity contribution in [2.75, 3.05) is 32.7 Å². The first kappa shape index (κ1) is 23.9. The van der Waals surface area contributed by atoms with E-state index in [1.165, 1.54) is 12.1 Å². The predicted molar refractivity (Wildman–Crippen MR) is 114 cm³/mol. The number of amides is 1. The summed E-state index contributed by atoms with van der Waals surface area (Å²) in [6, 6.07) is 6.96. The minimum absolute atomic E-state index is 0.0835. The molecule has 3 N–H and O–H groups in total. The number of aliphatic imine (C=N–C) groups is 1. The van der Waals surface area contributed by atoms with E-state index in [0.717, 1.165) is 24.6 Å². The lowest BCUT2D eigenvalue weighted by Crippen LogP contribution is -2.43. The van der Waals surface area contributed by atoms with Gasteiger partial charge >= 0.3 is 0 Å². The molecule has 0 aliphatic heterocycles. The van der Waals surface area contributed by atoms with Crippen molar-refractivity contribution in [2.24, 2.45) is 4.99 Å².